The van der Waals surface area contributed by atoms with Crippen molar-refractivity contribution in [2.75, 3.05) is 14.1 Å². The lowest BCUT2D eigenvalue weighted by atomic mass is 9.58. The molecule has 1 nitrogen and oxygen atoms in total. The van der Waals surface area contributed by atoms with Gasteiger partial charge in [-0.15, -0.1) is 0 Å². The molecule has 0 aliphatic heterocycles. The zero-order chi connectivity index (χ0) is 8.82. The molecule has 3 fully saturated rings. The topological polar surface area (TPSA) is 3.24 Å². The molecule has 0 atom stereocenters. The van der Waals surface area contributed by atoms with Gasteiger partial charge in [0, 0.05) is 5.54 Å². The van der Waals surface area contributed by atoms with Crippen LogP contribution in [-0.4, -0.2) is 24.5 Å². The third-order valence-electron chi connectivity index (χ3n) is 4.53. The molecule has 3 rings (SSSR count). The molecule has 0 amide bonds. The minimum absolute atomic E-state index is 0.595. The van der Waals surface area contributed by atoms with Crippen molar-refractivity contribution < 1.29 is 0 Å². The maximum atomic E-state index is 2.48. The first-order valence-electron chi connectivity index (χ1n) is 5.24. The van der Waals surface area contributed by atoms with Gasteiger partial charge in [-0.2, -0.15) is 0 Å². The third-order valence-corrected chi connectivity index (χ3v) is 4.53. The van der Waals surface area contributed by atoms with Crippen LogP contribution in [-0.2, 0) is 0 Å². The molecule has 12 heavy (non-hydrogen) atoms. The summed E-state index contributed by atoms with van der Waals surface area (Å²) in [6, 6.07) is 0. The van der Waals surface area contributed by atoms with Crippen LogP contribution < -0.4 is 0 Å². The normalized spacial score (nSPS) is 47.0. The number of rotatable bonds is 1. The zero-order valence-electron chi connectivity index (χ0n) is 8.69. The first-order valence-corrected chi connectivity index (χ1v) is 5.24. The van der Waals surface area contributed by atoms with Gasteiger partial charge in [-0.25, -0.2) is 0 Å². The number of hydrogen-bond donors (Lipinski definition) is 0. The minimum atomic E-state index is 0.595. The average Bonchev–Trinajstić information content (AvgIpc) is 2.06. The summed E-state index contributed by atoms with van der Waals surface area (Å²) >= 11 is 0. The first-order chi connectivity index (χ1) is 5.56. The Morgan fingerprint density at radius 1 is 0.833 bits per heavy atom. The van der Waals surface area contributed by atoms with Crippen molar-refractivity contribution in [1.29, 1.82) is 0 Å². The largest absolute Gasteiger partial charge is 0.304 e. The molecule has 3 saturated carbocycles. The predicted octanol–water partition coefficient (Wildman–Crippen LogP) is 2.66. The summed E-state index contributed by atoms with van der Waals surface area (Å²) in [4.78, 5) is 2.48. The second-order valence-electron chi connectivity index (χ2n) is 5.43. The summed E-state index contributed by atoms with van der Waals surface area (Å²) in [5.41, 5.74) is 1.32. The highest BCUT2D eigenvalue weighted by Gasteiger charge is 2.46. The molecular formula is C11H21N. The molecule has 70 valence electrons. The van der Waals surface area contributed by atoms with Crippen LogP contribution in [0.2, 0.25) is 0 Å². The molecule has 3 aliphatic carbocycles. The van der Waals surface area contributed by atoms with Crippen LogP contribution in [0.15, 0.2) is 0 Å². The van der Waals surface area contributed by atoms with Crippen LogP contribution in [0.3, 0.4) is 0 Å². The monoisotopic (exact) mass is 167 g/mol. The van der Waals surface area contributed by atoms with E-state index in [9.17, 15) is 0 Å². The Morgan fingerprint density at radius 3 is 1.58 bits per heavy atom. The standard InChI is InChI=1S/C11H21N/c1-10-4-7-11(8-5-10,9-6-10)12(2)3/h4-9H2,1-3H3. The van der Waals surface area contributed by atoms with Crippen molar-refractivity contribution in [3.63, 3.8) is 0 Å². The highest BCUT2D eigenvalue weighted by atomic mass is 15.1. The molecule has 0 N–H and O–H groups in total. The van der Waals surface area contributed by atoms with E-state index in [1.54, 1.807) is 0 Å². The van der Waals surface area contributed by atoms with E-state index >= 15 is 0 Å². The summed E-state index contributed by atoms with van der Waals surface area (Å²) in [6.45, 7) is 2.48. The molecule has 0 radical (unpaired) electrons. The maximum absolute atomic E-state index is 2.48. The summed E-state index contributed by atoms with van der Waals surface area (Å²) in [6.07, 6.45) is 8.71. The fourth-order valence-electron chi connectivity index (χ4n) is 3.02. The lowest BCUT2D eigenvalue weighted by molar-refractivity contribution is -0.0230. The molecular weight excluding hydrogens is 146 g/mol. The molecule has 0 unspecified atom stereocenters. The lowest BCUT2D eigenvalue weighted by Crippen LogP contribution is -2.53. The van der Waals surface area contributed by atoms with Gasteiger partial charge >= 0.3 is 0 Å². The Kier molecular flexibility index (Phi) is 1.76. The van der Waals surface area contributed by atoms with E-state index in [1.165, 1.54) is 38.5 Å². The Balaban J connectivity index is 2.14. The van der Waals surface area contributed by atoms with Crippen molar-refractivity contribution in [3.05, 3.63) is 0 Å². The van der Waals surface area contributed by atoms with E-state index in [2.05, 4.69) is 25.9 Å². The van der Waals surface area contributed by atoms with Crippen molar-refractivity contribution in [2.24, 2.45) is 5.41 Å². The van der Waals surface area contributed by atoms with Gasteiger partial charge in [-0.05, 0) is 58.0 Å². The van der Waals surface area contributed by atoms with Crippen molar-refractivity contribution >= 4 is 0 Å². The van der Waals surface area contributed by atoms with Crippen molar-refractivity contribution in [2.45, 2.75) is 51.0 Å². The van der Waals surface area contributed by atoms with Crippen LogP contribution in [0, 0.1) is 5.41 Å². The Hall–Kier alpha value is -0.0400. The second-order valence-corrected chi connectivity index (χ2v) is 5.43. The SMILES string of the molecule is CN(C)C12CCC(C)(CC1)CC2. The predicted molar refractivity (Wildman–Crippen MR) is 52.2 cm³/mol. The lowest BCUT2D eigenvalue weighted by Gasteiger charge is -2.55. The maximum Gasteiger partial charge on any atom is 0.0204 e. The summed E-state index contributed by atoms with van der Waals surface area (Å²) in [5.74, 6) is 0. The smallest absolute Gasteiger partial charge is 0.0204 e. The van der Waals surface area contributed by atoms with Gasteiger partial charge in [0.15, 0.2) is 0 Å². The fraction of sp³-hybridized carbons (Fsp3) is 1.00. The van der Waals surface area contributed by atoms with E-state index in [-0.39, 0.29) is 0 Å². The van der Waals surface area contributed by atoms with E-state index in [0.717, 1.165) is 5.41 Å². The highest BCUT2D eigenvalue weighted by Crippen LogP contribution is 2.53. The summed E-state index contributed by atoms with van der Waals surface area (Å²) in [5, 5.41) is 0. The molecule has 0 aromatic rings. The molecule has 0 heterocycles. The highest BCUT2D eigenvalue weighted by molar-refractivity contribution is 5.02. The van der Waals surface area contributed by atoms with Crippen molar-refractivity contribution in [3.8, 4) is 0 Å². The van der Waals surface area contributed by atoms with E-state index < -0.39 is 0 Å². The van der Waals surface area contributed by atoms with E-state index in [1.807, 2.05) is 0 Å². The Labute approximate surface area is 76.1 Å². The number of hydrogen-bond acceptors (Lipinski definition) is 1. The number of fused-ring (bicyclic) bond motifs is 3. The molecule has 2 bridgehead atoms. The Morgan fingerprint density at radius 2 is 1.25 bits per heavy atom. The second kappa shape index (κ2) is 2.47. The molecule has 1 heteroatoms. The zero-order valence-corrected chi connectivity index (χ0v) is 8.69. The van der Waals surface area contributed by atoms with E-state index in [0.29, 0.717) is 5.54 Å². The quantitative estimate of drug-likeness (QED) is 0.580. The summed E-state index contributed by atoms with van der Waals surface area (Å²) < 4.78 is 0. The van der Waals surface area contributed by atoms with E-state index in [4.69, 9.17) is 0 Å². The van der Waals surface area contributed by atoms with Gasteiger partial charge in [0.25, 0.3) is 0 Å². The molecule has 0 saturated heterocycles. The van der Waals surface area contributed by atoms with Crippen LogP contribution in [0.25, 0.3) is 0 Å². The third kappa shape index (κ3) is 1.10. The molecule has 0 spiro atoms. The van der Waals surface area contributed by atoms with Gasteiger partial charge in [-0.3, -0.25) is 0 Å². The van der Waals surface area contributed by atoms with Gasteiger partial charge in [0.05, 0.1) is 0 Å². The van der Waals surface area contributed by atoms with Crippen LogP contribution in [0.1, 0.15) is 45.4 Å². The summed E-state index contributed by atoms with van der Waals surface area (Å²) in [7, 11) is 4.52. The minimum Gasteiger partial charge on any atom is -0.304 e. The van der Waals surface area contributed by atoms with Gasteiger partial charge in [-0.1, -0.05) is 6.92 Å². The Bertz CT molecular complexity index is 159. The first kappa shape index (κ1) is 8.55. The van der Waals surface area contributed by atoms with Gasteiger partial charge in [0.2, 0.25) is 0 Å². The average molecular weight is 167 g/mol. The van der Waals surface area contributed by atoms with Gasteiger partial charge < -0.3 is 4.90 Å². The van der Waals surface area contributed by atoms with Crippen LogP contribution >= 0.6 is 0 Å². The van der Waals surface area contributed by atoms with Crippen LogP contribution in [0.4, 0.5) is 0 Å². The molecule has 0 aromatic heterocycles. The molecule has 0 aromatic carbocycles. The molecule has 3 aliphatic rings. The number of nitrogens with zero attached hydrogens (tertiary/aromatic N) is 1. The van der Waals surface area contributed by atoms with Gasteiger partial charge in [0.1, 0.15) is 0 Å². The van der Waals surface area contributed by atoms with Crippen LogP contribution in [0.5, 0.6) is 0 Å². The van der Waals surface area contributed by atoms with Crippen molar-refractivity contribution in [1.82, 2.24) is 4.90 Å². The fourth-order valence-corrected chi connectivity index (χ4v) is 3.02.